The molecule has 3 heterocycles. The van der Waals surface area contributed by atoms with E-state index >= 15 is 4.39 Å². The van der Waals surface area contributed by atoms with Crippen LogP contribution < -0.4 is 10.2 Å². The summed E-state index contributed by atoms with van der Waals surface area (Å²) in [6.07, 6.45) is -6.55. The number of fused-ring (bicyclic) bond motifs is 1. The molecule has 5 atom stereocenters. The summed E-state index contributed by atoms with van der Waals surface area (Å²) in [5, 5.41) is 20.4. The van der Waals surface area contributed by atoms with Gasteiger partial charge in [0.05, 0.1) is 15.5 Å². The second-order valence-corrected chi connectivity index (χ2v) is 8.27. The Balaban J connectivity index is 1.63. The van der Waals surface area contributed by atoms with E-state index in [9.17, 15) is 24.0 Å². The summed E-state index contributed by atoms with van der Waals surface area (Å²) in [4.78, 5) is 14.0. The van der Waals surface area contributed by atoms with Crippen LogP contribution in [0.3, 0.4) is 0 Å². The highest BCUT2D eigenvalue weighted by Crippen LogP contribution is 2.55. The molecule has 0 radical (unpaired) electrons. The van der Waals surface area contributed by atoms with E-state index in [1.165, 1.54) is 12.1 Å². The van der Waals surface area contributed by atoms with E-state index < -0.39 is 54.8 Å². The van der Waals surface area contributed by atoms with Gasteiger partial charge in [-0.05, 0) is 6.07 Å². The molecule has 2 aliphatic heterocycles. The molecule has 14 heteroatoms. The van der Waals surface area contributed by atoms with Crippen LogP contribution in [0.25, 0.3) is 0 Å². The van der Waals surface area contributed by atoms with Crippen LogP contribution in [0.2, 0.25) is 0 Å². The summed E-state index contributed by atoms with van der Waals surface area (Å²) >= 11 is 4.55. The average Bonchev–Trinajstić information content (AvgIpc) is 2.95. The zero-order valence-electron chi connectivity index (χ0n) is 16.7. The number of nitrogens with one attached hydrogen (secondary N) is 1. The second-order valence-electron chi connectivity index (χ2n) is 6.35. The van der Waals surface area contributed by atoms with E-state index in [-0.39, 0.29) is 12.4 Å². The van der Waals surface area contributed by atoms with E-state index in [0.717, 1.165) is 0 Å². The lowest BCUT2D eigenvalue weighted by atomic mass is 10.1. The zero-order chi connectivity index (χ0) is 23.5. The van der Waals surface area contributed by atoms with Crippen LogP contribution >= 0.6 is 20.0 Å². The van der Waals surface area contributed by atoms with Gasteiger partial charge in [0.2, 0.25) is 0 Å². The van der Waals surface area contributed by atoms with E-state index in [4.69, 9.17) is 16.5 Å². The molecule has 1 aromatic heterocycles. The van der Waals surface area contributed by atoms with Crippen molar-refractivity contribution >= 4 is 20.0 Å². The first-order valence-corrected chi connectivity index (χ1v) is 10.2. The number of benzene rings is 1. The molecule has 0 spiro atoms. The van der Waals surface area contributed by atoms with Crippen molar-refractivity contribution < 1.29 is 44.6 Å². The summed E-state index contributed by atoms with van der Waals surface area (Å²) in [5.74, 6) is -4.98. The normalized spacial score (nSPS) is 34.6. The van der Waals surface area contributed by atoms with Crippen molar-refractivity contribution in [3.63, 3.8) is 0 Å². The topological polar surface area (TPSA) is 132 Å². The van der Waals surface area contributed by atoms with Crippen molar-refractivity contribution in [3.05, 3.63) is 57.0 Å². The SMILES string of the molecule is [2H]C([2H])(OP1(=O)OCc2ccccc2O1)[C@@]1(F)O[C@@H](n2cc(F)c(=S)[nH]c2=O)[C@H](O)[C@@H]1O. The maximum absolute atomic E-state index is 15.6. The quantitative estimate of drug-likeness (QED) is 0.455. The molecule has 2 aliphatic rings. The van der Waals surface area contributed by atoms with Crippen LogP contribution in [0.1, 0.15) is 14.5 Å². The molecule has 3 N–H and O–H groups in total. The van der Waals surface area contributed by atoms with Crippen molar-refractivity contribution in [2.24, 2.45) is 0 Å². The average molecular weight is 466 g/mol. The van der Waals surface area contributed by atoms with Crippen LogP contribution in [0.15, 0.2) is 35.3 Å². The summed E-state index contributed by atoms with van der Waals surface area (Å²) in [6, 6.07) is 6.16. The highest BCUT2D eigenvalue weighted by atomic mass is 32.1. The van der Waals surface area contributed by atoms with Crippen LogP contribution in [0.5, 0.6) is 5.75 Å². The van der Waals surface area contributed by atoms with Crippen molar-refractivity contribution in [2.45, 2.75) is 30.9 Å². The molecule has 4 rings (SSSR count). The van der Waals surface area contributed by atoms with Crippen LogP contribution in [-0.2, 0) is 25.0 Å². The third kappa shape index (κ3) is 3.73. The van der Waals surface area contributed by atoms with Crippen LogP contribution in [-0.4, -0.2) is 44.4 Å². The first kappa shape index (κ1) is 18.8. The number of H-pyrrole nitrogens is 1. The number of aliphatic hydroxyl groups is 2. The predicted octanol–water partition coefficient (Wildman–Crippen LogP) is 1.70. The molecule has 1 unspecified atom stereocenters. The van der Waals surface area contributed by atoms with Gasteiger partial charge >= 0.3 is 13.5 Å². The molecular formula is C16H15F2N2O8PS. The Kier molecular flexibility index (Phi) is 4.76. The van der Waals surface area contributed by atoms with Gasteiger partial charge in [-0.15, -0.1) is 0 Å². The molecule has 1 saturated heterocycles. The molecule has 0 aliphatic carbocycles. The Bertz CT molecular complexity index is 1230. The lowest BCUT2D eigenvalue weighted by Gasteiger charge is -2.28. The number of halogens is 2. The number of phosphoric ester groups is 1. The molecule has 10 nitrogen and oxygen atoms in total. The monoisotopic (exact) mass is 466 g/mol. The number of phosphoric acid groups is 1. The molecule has 162 valence electrons. The molecule has 0 amide bonds. The molecule has 1 fully saturated rings. The smallest absolute Gasteiger partial charge is 0.404 e. The third-order valence-corrected chi connectivity index (χ3v) is 5.82. The van der Waals surface area contributed by atoms with Crippen molar-refractivity contribution in [3.8, 4) is 5.75 Å². The van der Waals surface area contributed by atoms with Gasteiger partial charge in [0.1, 0.15) is 29.2 Å². The standard InChI is InChI=1S/C16H15F2N2O8PS/c17-9-5-20(15(23)19-13(9)30)14-11(21)12(22)16(18,27-14)7-26-29(24)25-6-8-3-1-2-4-10(8)28-29/h1-5,11-12,14,21-22H,6-7H2,(H,19,23,30)/t11-,12+,14-,16-,29?/m1/s1/i7D2. The highest BCUT2D eigenvalue weighted by molar-refractivity contribution is 7.71. The van der Waals surface area contributed by atoms with Gasteiger partial charge in [-0.2, -0.15) is 0 Å². The third-order valence-electron chi connectivity index (χ3n) is 4.34. The maximum atomic E-state index is 15.6. The van der Waals surface area contributed by atoms with Gasteiger partial charge < -0.3 is 19.5 Å². The second kappa shape index (κ2) is 7.61. The number of ether oxygens (including phenoxy) is 1. The first-order valence-electron chi connectivity index (χ1n) is 9.33. The number of para-hydroxylation sites is 1. The number of hydrogen-bond acceptors (Lipinski definition) is 9. The number of aromatic amines is 1. The minimum atomic E-state index is -4.76. The van der Waals surface area contributed by atoms with Gasteiger partial charge in [-0.1, -0.05) is 30.4 Å². The van der Waals surface area contributed by atoms with E-state index in [1.54, 1.807) is 12.1 Å². The molecule has 0 bridgehead atoms. The fraction of sp³-hybridized carbons (Fsp3) is 0.375. The Morgan fingerprint density at radius 1 is 1.47 bits per heavy atom. The Morgan fingerprint density at radius 3 is 2.97 bits per heavy atom. The van der Waals surface area contributed by atoms with E-state index in [0.29, 0.717) is 16.3 Å². The molecule has 1 aromatic carbocycles. The van der Waals surface area contributed by atoms with Crippen molar-refractivity contribution in [1.29, 1.82) is 0 Å². The Morgan fingerprint density at radius 2 is 2.20 bits per heavy atom. The molecule has 2 aromatic rings. The maximum Gasteiger partial charge on any atom is 0.530 e. The molecule has 30 heavy (non-hydrogen) atoms. The minimum Gasteiger partial charge on any atom is -0.404 e. The fourth-order valence-corrected chi connectivity index (χ4v) is 4.05. The van der Waals surface area contributed by atoms with Gasteiger partial charge in [-0.25, -0.2) is 18.1 Å². The van der Waals surface area contributed by atoms with Gasteiger partial charge in [0.15, 0.2) is 12.0 Å². The Hall–Kier alpha value is -1.99. The minimum absolute atomic E-state index is 0.0400. The lowest BCUT2D eigenvalue weighted by molar-refractivity contribution is -0.205. The summed E-state index contributed by atoms with van der Waals surface area (Å²) in [6.45, 7) is -4.05. The number of aromatic nitrogens is 2. The van der Waals surface area contributed by atoms with Gasteiger partial charge in [-0.3, -0.25) is 18.6 Å². The summed E-state index contributed by atoms with van der Waals surface area (Å²) in [5.41, 5.74) is -0.671. The number of rotatable bonds is 4. The summed E-state index contributed by atoms with van der Waals surface area (Å²) < 4.78 is 77.3. The lowest BCUT2D eigenvalue weighted by Crippen LogP contribution is -2.43. The molecular weight excluding hydrogens is 449 g/mol. The number of alkyl halides is 1. The fourth-order valence-electron chi connectivity index (χ4n) is 2.82. The largest absolute Gasteiger partial charge is 0.530 e. The van der Waals surface area contributed by atoms with Crippen molar-refractivity contribution in [1.82, 2.24) is 9.55 Å². The molecule has 0 saturated carbocycles. The number of aliphatic hydroxyl groups excluding tert-OH is 2. The number of nitrogens with zero attached hydrogens (tertiary/aromatic N) is 1. The zero-order valence-corrected chi connectivity index (χ0v) is 16.4. The first-order chi connectivity index (χ1) is 14.9. The van der Waals surface area contributed by atoms with E-state index in [2.05, 4.69) is 16.7 Å². The van der Waals surface area contributed by atoms with Gasteiger partial charge in [0.25, 0.3) is 5.85 Å². The number of hydrogen-bond donors (Lipinski definition) is 3. The van der Waals surface area contributed by atoms with Gasteiger partial charge in [0, 0.05) is 5.56 Å². The Labute approximate surface area is 175 Å². The highest BCUT2D eigenvalue weighted by Gasteiger charge is 2.57. The predicted molar refractivity (Wildman–Crippen MR) is 97.2 cm³/mol. The summed E-state index contributed by atoms with van der Waals surface area (Å²) in [7, 11) is -4.76. The van der Waals surface area contributed by atoms with Crippen LogP contribution in [0.4, 0.5) is 8.78 Å². The van der Waals surface area contributed by atoms with E-state index in [1.807, 2.05) is 4.98 Å². The van der Waals surface area contributed by atoms with Crippen molar-refractivity contribution in [2.75, 3.05) is 6.56 Å². The van der Waals surface area contributed by atoms with Crippen LogP contribution in [0, 0.1) is 10.5 Å².